The molecule has 0 amide bonds. The number of hydrogen-bond acceptors (Lipinski definition) is 1. The van der Waals surface area contributed by atoms with E-state index in [1.165, 1.54) is 22.8 Å². The van der Waals surface area contributed by atoms with Crippen LogP contribution in [-0.2, 0) is 5.41 Å². The minimum atomic E-state index is 0.229. The van der Waals surface area contributed by atoms with Gasteiger partial charge in [-0.05, 0) is 41.7 Å². The number of hydrogen-bond donors (Lipinski definition) is 0. The fraction of sp³-hybridized carbons (Fsp3) is 0.400. The van der Waals surface area contributed by atoms with Crippen LogP contribution in [0.15, 0.2) is 36.7 Å². The molecule has 1 nitrogen and oxygen atoms in total. The standard InChI is InChI=1S/C15H16ClN/c1-15(7-5-12(16)9-15)14-4-2-3-11-10-17-8-6-13(11)14/h2-4,6,8,10,12H,5,7,9H2,1H3. The molecule has 1 aliphatic carbocycles. The van der Waals surface area contributed by atoms with E-state index in [2.05, 4.69) is 36.2 Å². The highest BCUT2D eigenvalue weighted by Gasteiger charge is 2.36. The molecule has 0 aliphatic heterocycles. The van der Waals surface area contributed by atoms with Crippen LogP contribution in [0, 0.1) is 0 Å². The lowest BCUT2D eigenvalue weighted by Crippen LogP contribution is -2.18. The van der Waals surface area contributed by atoms with Crippen molar-refractivity contribution in [2.75, 3.05) is 0 Å². The maximum Gasteiger partial charge on any atom is 0.0346 e. The molecule has 1 saturated carbocycles. The Morgan fingerprint density at radius 1 is 1.35 bits per heavy atom. The van der Waals surface area contributed by atoms with Crippen molar-refractivity contribution in [2.45, 2.75) is 37.0 Å². The Balaban J connectivity index is 2.17. The van der Waals surface area contributed by atoms with Gasteiger partial charge in [0.2, 0.25) is 0 Å². The summed E-state index contributed by atoms with van der Waals surface area (Å²) in [5.74, 6) is 0. The molecule has 1 heterocycles. The van der Waals surface area contributed by atoms with Crippen LogP contribution in [0.5, 0.6) is 0 Å². The van der Waals surface area contributed by atoms with Crippen LogP contribution >= 0.6 is 11.6 Å². The summed E-state index contributed by atoms with van der Waals surface area (Å²) >= 11 is 6.29. The molecule has 1 fully saturated rings. The minimum Gasteiger partial charge on any atom is -0.264 e. The van der Waals surface area contributed by atoms with Gasteiger partial charge in [-0.15, -0.1) is 11.6 Å². The lowest BCUT2D eigenvalue weighted by atomic mass is 9.79. The lowest BCUT2D eigenvalue weighted by molar-refractivity contribution is 0.496. The molecular formula is C15H16ClN. The molecule has 2 aromatic rings. The zero-order valence-corrected chi connectivity index (χ0v) is 10.7. The van der Waals surface area contributed by atoms with Crippen molar-refractivity contribution in [1.82, 2.24) is 4.98 Å². The van der Waals surface area contributed by atoms with Crippen LogP contribution in [-0.4, -0.2) is 10.4 Å². The lowest BCUT2D eigenvalue weighted by Gasteiger charge is -2.26. The van der Waals surface area contributed by atoms with Crippen LogP contribution in [0.3, 0.4) is 0 Å². The van der Waals surface area contributed by atoms with E-state index in [1.54, 1.807) is 0 Å². The number of halogens is 1. The third-order valence-electron chi connectivity index (χ3n) is 4.01. The highest BCUT2D eigenvalue weighted by molar-refractivity contribution is 6.20. The molecule has 2 atom stereocenters. The minimum absolute atomic E-state index is 0.229. The summed E-state index contributed by atoms with van der Waals surface area (Å²) in [4.78, 5) is 4.19. The quantitative estimate of drug-likeness (QED) is 0.684. The van der Waals surface area contributed by atoms with Crippen molar-refractivity contribution in [2.24, 2.45) is 0 Å². The fourth-order valence-electron chi connectivity index (χ4n) is 3.06. The topological polar surface area (TPSA) is 12.9 Å². The number of benzene rings is 1. The average molecular weight is 246 g/mol. The average Bonchev–Trinajstić information content (AvgIpc) is 2.70. The summed E-state index contributed by atoms with van der Waals surface area (Å²) in [7, 11) is 0. The molecule has 1 aliphatic rings. The van der Waals surface area contributed by atoms with Gasteiger partial charge < -0.3 is 0 Å². The first-order valence-corrected chi connectivity index (χ1v) is 6.60. The first kappa shape index (κ1) is 11.0. The Kier molecular flexibility index (Phi) is 2.59. The van der Waals surface area contributed by atoms with Gasteiger partial charge in [0.15, 0.2) is 0 Å². The van der Waals surface area contributed by atoms with Gasteiger partial charge in [-0.3, -0.25) is 4.98 Å². The van der Waals surface area contributed by atoms with Crippen LogP contribution in [0.4, 0.5) is 0 Å². The second kappa shape index (κ2) is 3.99. The molecule has 3 rings (SSSR count). The van der Waals surface area contributed by atoms with Crippen LogP contribution in [0.25, 0.3) is 10.8 Å². The second-order valence-corrected chi connectivity index (χ2v) is 5.92. The third-order valence-corrected chi connectivity index (χ3v) is 4.38. The molecule has 88 valence electrons. The van der Waals surface area contributed by atoms with E-state index in [1.807, 2.05) is 12.4 Å². The van der Waals surface area contributed by atoms with Crippen molar-refractivity contribution >= 4 is 22.4 Å². The van der Waals surface area contributed by atoms with Gasteiger partial charge in [-0.2, -0.15) is 0 Å². The molecule has 1 aromatic heterocycles. The molecule has 17 heavy (non-hydrogen) atoms. The van der Waals surface area contributed by atoms with Crippen molar-refractivity contribution in [3.8, 4) is 0 Å². The van der Waals surface area contributed by atoms with E-state index < -0.39 is 0 Å². The Labute approximate surface area is 107 Å². The summed E-state index contributed by atoms with van der Waals surface area (Å²) in [5.41, 5.74) is 1.66. The van der Waals surface area contributed by atoms with Gasteiger partial charge in [0.1, 0.15) is 0 Å². The second-order valence-electron chi connectivity index (χ2n) is 5.30. The highest BCUT2D eigenvalue weighted by atomic mass is 35.5. The van der Waals surface area contributed by atoms with Crippen LogP contribution in [0.2, 0.25) is 0 Å². The SMILES string of the molecule is CC1(c2cccc3cnccc23)CCC(Cl)C1. The van der Waals surface area contributed by atoms with E-state index in [4.69, 9.17) is 11.6 Å². The summed E-state index contributed by atoms with van der Waals surface area (Å²) in [6.45, 7) is 2.34. The molecule has 1 aromatic carbocycles. The monoisotopic (exact) mass is 245 g/mol. The number of pyridine rings is 1. The normalized spacial score (nSPS) is 28.7. The number of alkyl halides is 1. The largest absolute Gasteiger partial charge is 0.264 e. The van der Waals surface area contributed by atoms with E-state index >= 15 is 0 Å². The van der Waals surface area contributed by atoms with Crippen molar-refractivity contribution < 1.29 is 0 Å². The van der Waals surface area contributed by atoms with Gasteiger partial charge in [-0.1, -0.05) is 25.1 Å². The molecule has 0 bridgehead atoms. The maximum atomic E-state index is 6.29. The van der Waals surface area contributed by atoms with Crippen molar-refractivity contribution in [3.63, 3.8) is 0 Å². The van der Waals surface area contributed by atoms with Crippen LogP contribution < -0.4 is 0 Å². The molecule has 0 radical (unpaired) electrons. The van der Waals surface area contributed by atoms with E-state index in [9.17, 15) is 0 Å². The predicted molar refractivity (Wildman–Crippen MR) is 72.6 cm³/mol. The number of rotatable bonds is 1. The van der Waals surface area contributed by atoms with E-state index in [0.29, 0.717) is 5.38 Å². The molecular weight excluding hydrogens is 230 g/mol. The van der Waals surface area contributed by atoms with E-state index in [0.717, 1.165) is 12.8 Å². The Hall–Kier alpha value is -1.08. The third kappa shape index (κ3) is 1.83. The number of fused-ring (bicyclic) bond motifs is 1. The predicted octanol–water partition coefficient (Wildman–Crippen LogP) is 4.28. The van der Waals surface area contributed by atoms with Gasteiger partial charge in [0.05, 0.1) is 0 Å². The van der Waals surface area contributed by atoms with E-state index in [-0.39, 0.29) is 5.41 Å². The van der Waals surface area contributed by atoms with Crippen LogP contribution in [0.1, 0.15) is 31.7 Å². The Morgan fingerprint density at radius 2 is 2.24 bits per heavy atom. The maximum absolute atomic E-state index is 6.29. The molecule has 2 unspecified atom stereocenters. The first-order valence-electron chi connectivity index (χ1n) is 6.16. The molecule has 2 heteroatoms. The summed E-state index contributed by atoms with van der Waals surface area (Å²) < 4.78 is 0. The zero-order chi connectivity index (χ0) is 11.9. The summed E-state index contributed by atoms with van der Waals surface area (Å²) in [6, 6.07) is 8.63. The zero-order valence-electron chi connectivity index (χ0n) is 9.99. The highest BCUT2D eigenvalue weighted by Crippen LogP contribution is 2.44. The number of aromatic nitrogens is 1. The molecule has 0 saturated heterocycles. The molecule has 0 N–H and O–H groups in total. The summed E-state index contributed by atoms with van der Waals surface area (Å²) in [6.07, 6.45) is 7.20. The Bertz CT molecular complexity index is 546. The van der Waals surface area contributed by atoms with Gasteiger partial charge in [0.25, 0.3) is 0 Å². The van der Waals surface area contributed by atoms with Crippen molar-refractivity contribution in [1.29, 1.82) is 0 Å². The fourth-order valence-corrected chi connectivity index (χ4v) is 3.51. The smallest absolute Gasteiger partial charge is 0.0346 e. The van der Waals surface area contributed by atoms with Gasteiger partial charge in [0, 0.05) is 23.2 Å². The van der Waals surface area contributed by atoms with Gasteiger partial charge in [-0.25, -0.2) is 0 Å². The van der Waals surface area contributed by atoms with Gasteiger partial charge >= 0.3 is 0 Å². The van der Waals surface area contributed by atoms with Crippen molar-refractivity contribution in [3.05, 3.63) is 42.2 Å². The number of nitrogens with zero attached hydrogens (tertiary/aromatic N) is 1. The Morgan fingerprint density at radius 3 is 3.00 bits per heavy atom. The summed E-state index contributed by atoms with van der Waals surface area (Å²) in [5, 5.41) is 2.89. The molecule has 0 spiro atoms. The first-order chi connectivity index (χ1) is 8.19.